The molecule has 2 aromatic carbocycles. The van der Waals surface area contributed by atoms with Crippen LogP contribution in [0.5, 0.6) is 5.75 Å². The van der Waals surface area contributed by atoms with E-state index in [4.69, 9.17) is 21.1 Å². The summed E-state index contributed by atoms with van der Waals surface area (Å²) in [4.78, 5) is 26.7. The van der Waals surface area contributed by atoms with Gasteiger partial charge in [0, 0.05) is 9.90 Å². The van der Waals surface area contributed by atoms with E-state index >= 15 is 0 Å². The molecule has 3 aromatic rings. The Morgan fingerprint density at radius 3 is 2.54 bits per heavy atom. The number of rotatable bonds is 8. The van der Waals surface area contributed by atoms with Gasteiger partial charge in [0.2, 0.25) is 5.91 Å². The summed E-state index contributed by atoms with van der Waals surface area (Å²) in [5, 5.41) is 3.35. The van der Waals surface area contributed by atoms with Crippen LogP contribution < -0.4 is 14.4 Å². The molecule has 0 saturated heterocycles. The second-order valence-corrected chi connectivity index (χ2v) is 11.1. The quantitative estimate of drug-likeness (QED) is 0.426. The minimum Gasteiger partial charge on any atom is -0.495 e. The van der Waals surface area contributed by atoms with Crippen LogP contribution in [0.15, 0.2) is 53.4 Å². The fourth-order valence-electron chi connectivity index (χ4n) is 3.98. The third-order valence-corrected chi connectivity index (χ3v) is 8.81. The number of benzene rings is 2. The third-order valence-electron chi connectivity index (χ3n) is 5.59. The number of nitrogens with one attached hydrogen (secondary N) is 1. The Morgan fingerprint density at radius 1 is 1.11 bits per heavy atom. The number of nitrogens with zero attached hydrogens (tertiary/aromatic N) is 1. The number of carbonyl (C=O) groups excluding carboxylic acids is 2. The predicted octanol–water partition coefficient (Wildman–Crippen LogP) is 4.52. The summed E-state index contributed by atoms with van der Waals surface area (Å²) in [5.41, 5.74) is 1.32. The smallest absolute Gasteiger partial charge is 0.341 e. The van der Waals surface area contributed by atoms with Crippen LogP contribution in [0.25, 0.3) is 0 Å². The average molecular weight is 535 g/mol. The van der Waals surface area contributed by atoms with E-state index in [1.54, 1.807) is 24.3 Å². The Morgan fingerprint density at radius 2 is 1.86 bits per heavy atom. The molecule has 0 fully saturated rings. The van der Waals surface area contributed by atoms with Crippen molar-refractivity contribution in [1.82, 2.24) is 0 Å². The van der Waals surface area contributed by atoms with Crippen molar-refractivity contribution in [2.24, 2.45) is 0 Å². The van der Waals surface area contributed by atoms with Crippen LogP contribution in [0, 0.1) is 0 Å². The summed E-state index contributed by atoms with van der Waals surface area (Å²) in [6.45, 7) is -0.572. The summed E-state index contributed by atoms with van der Waals surface area (Å²) in [6.07, 6.45) is 2.46. The van der Waals surface area contributed by atoms with Crippen molar-refractivity contribution in [3.8, 4) is 5.75 Å². The Labute approximate surface area is 212 Å². The monoisotopic (exact) mass is 534 g/mol. The Balaban J connectivity index is 1.72. The molecule has 1 N–H and O–H groups in total. The highest BCUT2D eigenvalue weighted by molar-refractivity contribution is 7.92. The molecule has 1 aromatic heterocycles. The molecule has 0 saturated carbocycles. The van der Waals surface area contributed by atoms with Gasteiger partial charge >= 0.3 is 5.97 Å². The summed E-state index contributed by atoms with van der Waals surface area (Å²) < 4.78 is 38.5. The molecule has 0 spiro atoms. The predicted molar refractivity (Wildman–Crippen MR) is 135 cm³/mol. The van der Waals surface area contributed by atoms with Crippen LogP contribution in [0.3, 0.4) is 0 Å². The number of hydrogen-bond acceptors (Lipinski definition) is 7. The van der Waals surface area contributed by atoms with Crippen LogP contribution in [0.1, 0.15) is 27.2 Å². The van der Waals surface area contributed by atoms with Gasteiger partial charge in [0.25, 0.3) is 10.0 Å². The molecular weight excluding hydrogens is 512 g/mol. The van der Waals surface area contributed by atoms with Gasteiger partial charge in [0.1, 0.15) is 17.3 Å². The first-order valence-corrected chi connectivity index (χ1v) is 13.3. The highest BCUT2D eigenvalue weighted by Crippen LogP contribution is 2.40. The van der Waals surface area contributed by atoms with Gasteiger partial charge in [-0.15, -0.1) is 11.3 Å². The van der Waals surface area contributed by atoms with E-state index in [2.05, 4.69) is 5.32 Å². The van der Waals surface area contributed by atoms with Crippen molar-refractivity contribution in [2.45, 2.75) is 24.2 Å². The minimum atomic E-state index is -4.17. The normalized spacial score (nSPS) is 12.7. The Bertz CT molecular complexity index is 1370. The molecule has 0 radical (unpaired) electrons. The fraction of sp³-hybridized carbons (Fsp3) is 0.250. The number of methoxy groups -OCH3 is 2. The second-order valence-electron chi connectivity index (χ2n) is 7.74. The molecule has 8 nitrogen and oxygen atoms in total. The van der Waals surface area contributed by atoms with Gasteiger partial charge in [-0.2, -0.15) is 0 Å². The number of aryl methyl sites for hydroxylation is 1. The number of anilines is 2. The average Bonchev–Trinajstić information content (AvgIpc) is 3.43. The maximum atomic E-state index is 13.6. The largest absolute Gasteiger partial charge is 0.495 e. The molecule has 0 aliphatic heterocycles. The first kappa shape index (κ1) is 25.0. The SMILES string of the molecule is COC(=O)c1c(NC(=O)CN(c2cc(Cl)ccc2OC)S(=O)(=O)c2ccccc2)sc2c1CCC2. The van der Waals surface area contributed by atoms with Crippen molar-refractivity contribution in [2.75, 3.05) is 30.4 Å². The number of carbonyl (C=O) groups is 2. The molecule has 184 valence electrons. The van der Waals surface area contributed by atoms with Crippen molar-refractivity contribution in [3.63, 3.8) is 0 Å². The number of sulfonamides is 1. The second kappa shape index (κ2) is 10.3. The highest BCUT2D eigenvalue weighted by atomic mass is 35.5. The summed E-state index contributed by atoms with van der Waals surface area (Å²) >= 11 is 7.48. The Hall–Kier alpha value is -3.08. The van der Waals surface area contributed by atoms with Crippen molar-refractivity contribution < 1.29 is 27.5 Å². The first-order valence-electron chi connectivity index (χ1n) is 10.7. The number of thiophene rings is 1. The number of amides is 1. The minimum absolute atomic E-state index is 0.000165. The summed E-state index contributed by atoms with van der Waals surface area (Å²) in [5.74, 6) is -0.936. The van der Waals surface area contributed by atoms with Gasteiger partial charge in [0.05, 0.1) is 30.4 Å². The van der Waals surface area contributed by atoms with Gasteiger partial charge in [-0.25, -0.2) is 13.2 Å². The molecule has 35 heavy (non-hydrogen) atoms. The van der Waals surface area contributed by atoms with Crippen LogP contribution in [-0.4, -0.2) is 41.1 Å². The fourth-order valence-corrected chi connectivity index (χ4v) is 6.89. The lowest BCUT2D eigenvalue weighted by atomic mass is 10.1. The van der Waals surface area contributed by atoms with E-state index in [-0.39, 0.29) is 21.4 Å². The van der Waals surface area contributed by atoms with E-state index in [1.807, 2.05) is 0 Å². The number of hydrogen-bond donors (Lipinski definition) is 1. The van der Waals surface area contributed by atoms with Gasteiger partial charge < -0.3 is 14.8 Å². The lowest BCUT2D eigenvalue weighted by molar-refractivity contribution is -0.114. The summed E-state index contributed by atoms with van der Waals surface area (Å²) in [6, 6.07) is 12.3. The molecule has 1 heterocycles. The van der Waals surface area contributed by atoms with Crippen LogP contribution in [0.4, 0.5) is 10.7 Å². The van der Waals surface area contributed by atoms with Crippen LogP contribution >= 0.6 is 22.9 Å². The number of fused-ring (bicyclic) bond motifs is 1. The molecule has 0 unspecified atom stereocenters. The molecule has 11 heteroatoms. The standard InChI is InChI=1S/C24H23ClN2O6S2/c1-32-19-12-11-15(25)13-18(19)27(35(30,31)16-7-4-3-5-8-16)14-21(28)26-23-22(24(29)33-2)17-9-6-10-20(17)34-23/h3-5,7-8,11-13H,6,9-10,14H2,1-2H3,(H,26,28). The number of halogens is 1. The molecule has 4 rings (SSSR count). The van der Waals surface area contributed by atoms with E-state index < -0.39 is 28.4 Å². The van der Waals surface area contributed by atoms with Gasteiger partial charge in [-0.05, 0) is 55.2 Å². The lowest BCUT2D eigenvalue weighted by Gasteiger charge is -2.25. The zero-order chi connectivity index (χ0) is 25.2. The van der Waals surface area contributed by atoms with E-state index in [0.29, 0.717) is 10.6 Å². The topological polar surface area (TPSA) is 102 Å². The zero-order valence-electron chi connectivity index (χ0n) is 19.0. The van der Waals surface area contributed by atoms with E-state index in [1.165, 1.54) is 49.8 Å². The first-order chi connectivity index (χ1) is 16.8. The third kappa shape index (κ3) is 5.00. The zero-order valence-corrected chi connectivity index (χ0v) is 21.4. The highest BCUT2D eigenvalue weighted by Gasteiger charge is 2.32. The van der Waals surface area contributed by atoms with E-state index in [9.17, 15) is 18.0 Å². The maximum Gasteiger partial charge on any atom is 0.341 e. The van der Waals surface area contributed by atoms with Gasteiger partial charge in [-0.1, -0.05) is 29.8 Å². The molecular formula is C24H23ClN2O6S2. The molecule has 1 amide bonds. The number of ether oxygens (including phenoxy) is 2. The van der Waals surface area contributed by atoms with Crippen molar-refractivity contribution in [3.05, 3.63) is 69.6 Å². The van der Waals surface area contributed by atoms with Crippen LogP contribution in [-0.2, 0) is 32.4 Å². The molecule has 0 atom stereocenters. The lowest BCUT2D eigenvalue weighted by Crippen LogP contribution is -2.38. The van der Waals surface area contributed by atoms with Crippen LogP contribution in [0.2, 0.25) is 5.02 Å². The molecule has 1 aliphatic rings. The summed E-state index contributed by atoms with van der Waals surface area (Å²) in [7, 11) is -1.49. The van der Waals surface area contributed by atoms with Crippen molar-refractivity contribution in [1.29, 1.82) is 0 Å². The van der Waals surface area contributed by atoms with Gasteiger partial charge in [-0.3, -0.25) is 9.10 Å². The number of esters is 1. The Kier molecular flexibility index (Phi) is 7.34. The van der Waals surface area contributed by atoms with E-state index in [0.717, 1.165) is 34.0 Å². The van der Waals surface area contributed by atoms with Crippen molar-refractivity contribution >= 4 is 55.5 Å². The molecule has 1 aliphatic carbocycles. The van der Waals surface area contributed by atoms with Gasteiger partial charge in [0.15, 0.2) is 0 Å². The maximum absolute atomic E-state index is 13.6. The molecule has 0 bridgehead atoms.